The molecule has 0 aliphatic heterocycles. The average molecular weight is 247 g/mol. The molecule has 0 aliphatic carbocycles. The highest BCUT2D eigenvalue weighted by molar-refractivity contribution is 5.81. The van der Waals surface area contributed by atoms with Crippen LogP contribution in [0.1, 0.15) is 26.0 Å². The van der Waals surface area contributed by atoms with Gasteiger partial charge in [-0.3, -0.25) is 4.68 Å². The van der Waals surface area contributed by atoms with Gasteiger partial charge in [-0.1, -0.05) is 25.1 Å². The Hall–Kier alpha value is -1.39. The van der Waals surface area contributed by atoms with Gasteiger partial charge in [0.1, 0.15) is 0 Å². The van der Waals surface area contributed by atoms with Crippen LogP contribution in [0.3, 0.4) is 0 Å². The Bertz CT molecular complexity index is 531. The second-order valence-corrected chi connectivity index (χ2v) is 5.09. The standard InChI is InChI=1S/C14H21N3O/c1-4-14(2,15)10-18-9-12-11-7-5-6-8-13(11)17(3)16-12/h5-8H,4,9-10,15H2,1-3H3. The van der Waals surface area contributed by atoms with E-state index in [-0.39, 0.29) is 5.54 Å². The zero-order chi connectivity index (χ0) is 13.2. The highest BCUT2D eigenvalue weighted by Crippen LogP contribution is 2.18. The fraction of sp³-hybridized carbons (Fsp3) is 0.500. The Kier molecular flexibility index (Phi) is 3.68. The average Bonchev–Trinajstić information content (AvgIpc) is 2.67. The summed E-state index contributed by atoms with van der Waals surface area (Å²) in [6.07, 6.45) is 0.899. The molecule has 1 unspecified atom stereocenters. The topological polar surface area (TPSA) is 53.1 Å². The lowest BCUT2D eigenvalue weighted by Gasteiger charge is -2.21. The summed E-state index contributed by atoms with van der Waals surface area (Å²) in [5.74, 6) is 0. The molecule has 0 saturated heterocycles. The van der Waals surface area contributed by atoms with Gasteiger partial charge in [0.2, 0.25) is 0 Å². The Morgan fingerprint density at radius 2 is 2.11 bits per heavy atom. The molecule has 1 atom stereocenters. The van der Waals surface area contributed by atoms with Crippen LogP contribution in [0.15, 0.2) is 24.3 Å². The summed E-state index contributed by atoms with van der Waals surface area (Å²) in [4.78, 5) is 0. The molecule has 2 N–H and O–H groups in total. The van der Waals surface area contributed by atoms with Crippen molar-refractivity contribution >= 4 is 10.9 Å². The lowest BCUT2D eigenvalue weighted by Crippen LogP contribution is -2.40. The van der Waals surface area contributed by atoms with E-state index >= 15 is 0 Å². The van der Waals surface area contributed by atoms with Crippen LogP contribution < -0.4 is 5.73 Å². The molecule has 0 bridgehead atoms. The maximum Gasteiger partial charge on any atom is 0.0960 e. The zero-order valence-corrected chi connectivity index (χ0v) is 11.3. The number of hydrogen-bond acceptors (Lipinski definition) is 3. The molecule has 0 amide bonds. The van der Waals surface area contributed by atoms with E-state index in [0.717, 1.165) is 23.0 Å². The number of ether oxygens (including phenoxy) is 1. The van der Waals surface area contributed by atoms with Crippen molar-refractivity contribution in [3.05, 3.63) is 30.0 Å². The van der Waals surface area contributed by atoms with Gasteiger partial charge in [-0.15, -0.1) is 0 Å². The SMILES string of the molecule is CCC(C)(N)COCc1nn(C)c2ccccc12. The summed E-state index contributed by atoms with van der Waals surface area (Å²) in [5.41, 5.74) is 7.89. The first-order valence-electron chi connectivity index (χ1n) is 6.31. The predicted octanol–water partition coefficient (Wildman–Crippen LogP) is 2.22. The second-order valence-electron chi connectivity index (χ2n) is 5.09. The van der Waals surface area contributed by atoms with Gasteiger partial charge in [0.15, 0.2) is 0 Å². The van der Waals surface area contributed by atoms with Crippen LogP contribution in [0.5, 0.6) is 0 Å². The van der Waals surface area contributed by atoms with E-state index in [4.69, 9.17) is 10.5 Å². The smallest absolute Gasteiger partial charge is 0.0960 e. The number of para-hydroxylation sites is 1. The van der Waals surface area contributed by atoms with Gasteiger partial charge in [-0.05, 0) is 19.4 Å². The van der Waals surface area contributed by atoms with E-state index in [0.29, 0.717) is 13.2 Å². The molecule has 4 heteroatoms. The summed E-state index contributed by atoms with van der Waals surface area (Å²) in [6, 6.07) is 8.17. The minimum atomic E-state index is -0.259. The number of rotatable bonds is 5. The quantitative estimate of drug-likeness (QED) is 0.881. The van der Waals surface area contributed by atoms with Crippen molar-refractivity contribution in [2.24, 2.45) is 12.8 Å². The van der Waals surface area contributed by atoms with Gasteiger partial charge in [-0.25, -0.2) is 0 Å². The van der Waals surface area contributed by atoms with Crippen molar-refractivity contribution in [2.75, 3.05) is 6.61 Å². The minimum Gasteiger partial charge on any atom is -0.373 e. The van der Waals surface area contributed by atoms with E-state index in [1.54, 1.807) is 0 Å². The third kappa shape index (κ3) is 2.71. The lowest BCUT2D eigenvalue weighted by atomic mass is 10.0. The number of benzene rings is 1. The Balaban J connectivity index is 2.09. The van der Waals surface area contributed by atoms with Gasteiger partial charge in [0.25, 0.3) is 0 Å². The van der Waals surface area contributed by atoms with E-state index < -0.39 is 0 Å². The van der Waals surface area contributed by atoms with Gasteiger partial charge >= 0.3 is 0 Å². The highest BCUT2D eigenvalue weighted by atomic mass is 16.5. The first kappa shape index (κ1) is 13.1. The van der Waals surface area contributed by atoms with E-state index in [9.17, 15) is 0 Å². The van der Waals surface area contributed by atoms with E-state index in [1.807, 2.05) is 30.8 Å². The molecule has 1 heterocycles. The normalized spacial score (nSPS) is 14.9. The van der Waals surface area contributed by atoms with Crippen LogP contribution >= 0.6 is 0 Å². The van der Waals surface area contributed by atoms with Crippen molar-refractivity contribution < 1.29 is 4.74 Å². The third-order valence-corrected chi connectivity index (χ3v) is 3.31. The van der Waals surface area contributed by atoms with E-state index in [1.165, 1.54) is 0 Å². The van der Waals surface area contributed by atoms with Crippen LogP contribution in [-0.2, 0) is 18.4 Å². The Labute approximate surface area is 108 Å². The van der Waals surface area contributed by atoms with Gasteiger partial charge in [0.05, 0.1) is 24.4 Å². The number of aromatic nitrogens is 2. The molecule has 4 nitrogen and oxygen atoms in total. The van der Waals surface area contributed by atoms with Crippen LogP contribution in [0, 0.1) is 0 Å². The zero-order valence-electron chi connectivity index (χ0n) is 11.3. The van der Waals surface area contributed by atoms with E-state index in [2.05, 4.69) is 24.2 Å². The van der Waals surface area contributed by atoms with Crippen molar-refractivity contribution in [2.45, 2.75) is 32.4 Å². The monoisotopic (exact) mass is 247 g/mol. The maximum absolute atomic E-state index is 6.05. The van der Waals surface area contributed by atoms with Crippen LogP contribution in [-0.4, -0.2) is 21.9 Å². The molecule has 18 heavy (non-hydrogen) atoms. The van der Waals surface area contributed by atoms with Crippen molar-refractivity contribution in [3.63, 3.8) is 0 Å². The number of hydrogen-bond donors (Lipinski definition) is 1. The molecule has 0 radical (unpaired) electrons. The molecule has 0 spiro atoms. The summed E-state index contributed by atoms with van der Waals surface area (Å²) >= 11 is 0. The molecular formula is C14H21N3O. The first-order chi connectivity index (χ1) is 8.53. The van der Waals surface area contributed by atoms with Crippen molar-refractivity contribution in [1.29, 1.82) is 0 Å². The summed E-state index contributed by atoms with van der Waals surface area (Å²) in [5, 5.41) is 5.63. The summed E-state index contributed by atoms with van der Waals surface area (Å²) in [6.45, 7) is 5.13. The maximum atomic E-state index is 6.05. The van der Waals surface area contributed by atoms with Crippen molar-refractivity contribution in [1.82, 2.24) is 9.78 Å². The molecule has 2 aromatic rings. The Morgan fingerprint density at radius 3 is 2.83 bits per heavy atom. The molecule has 0 aliphatic rings. The molecule has 1 aromatic carbocycles. The largest absolute Gasteiger partial charge is 0.373 e. The number of fused-ring (bicyclic) bond motifs is 1. The number of nitrogens with two attached hydrogens (primary N) is 1. The van der Waals surface area contributed by atoms with Gasteiger partial charge < -0.3 is 10.5 Å². The first-order valence-corrected chi connectivity index (χ1v) is 6.31. The molecular weight excluding hydrogens is 226 g/mol. The third-order valence-electron chi connectivity index (χ3n) is 3.31. The fourth-order valence-corrected chi connectivity index (χ4v) is 1.88. The predicted molar refractivity (Wildman–Crippen MR) is 73.3 cm³/mol. The molecule has 0 saturated carbocycles. The second kappa shape index (κ2) is 5.08. The van der Waals surface area contributed by atoms with Gasteiger partial charge in [0, 0.05) is 18.0 Å². The van der Waals surface area contributed by atoms with Gasteiger partial charge in [-0.2, -0.15) is 5.10 Å². The number of aryl methyl sites for hydroxylation is 1. The van der Waals surface area contributed by atoms with Crippen molar-refractivity contribution in [3.8, 4) is 0 Å². The Morgan fingerprint density at radius 1 is 1.39 bits per heavy atom. The van der Waals surface area contributed by atoms with Crippen LogP contribution in [0.25, 0.3) is 10.9 Å². The molecule has 0 fully saturated rings. The fourth-order valence-electron chi connectivity index (χ4n) is 1.88. The summed E-state index contributed by atoms with van der Waals surface area (Å²) in [7, 11) is 1.95. The summed E-state index contributed by atoms with van der Waals surface area (Å²) < 4.78 is 7.58. The molecule has 2 rings (SSSR count). The molecule has 98 valence electrons. The van der Waals surface area contributed by atoms with Crippen LogP contribution in [0.2, 0.25) is 0 Å². The highest BCUT2D eigenvalue weighted by Gasteiger charge is 2.16. The number of nitrogens with zero attached hydrogens (tertiary/aromatic N) is 2. The van der Waals surface area contributed by atoms with Crippen LogP contribution in [0.4, 0.5) is 0 Å². The molecule has 1 aromatic heterocycles. The lowest BCUT2D eigenvalue weighted by molar-refractivity contribution is 0.0761. The minimum absolute atomic E-state index is 0.259.